The third kappa shape index (κ3) is 1.42. The highest BCUT2D eigenvalue weighted by Crippen LogP contribution is 1.86. The molecule has 1 N–H and O–H groups in total. The number of aromatic amines is 1. The first kappa shape index (κ1) is 7.41. The van der Waals surface area contributed by atoms with Crippen LogP contribution in [0.2, 0.25) is 0 Å². The molecule has 0 atom stereocenters. The normalized spacial score (nSPS) is 10.2. The Kier molecular flexibility index (Phi) is 2.17. The molecular weight excluding hydrogens is 152 g/mol. The minimum Gasteiger partial charge on any atom is -0.300 e. The number of H-pyrrole nitrogens is 1. The van der Waals surface area contributed by atoms with E-state index in [1.807, 2.05) is 6.92 Å². The molecule has 56 valence electrons. The number of halogens is 1. The van der Waals surface area contributed by atoms with Gasteiger partial charge in [0.1, 0.15) is 0 Å². The van der Waals surface area contributed by atoms with Crippen molar-refractivity contribution in [3.8, 4) is 0 Å². The van der Waals surface area contributed by atoms with Crippen LogP contribution in [0.15, 0.2) is 10.9 Å². The smallest absolute Gasteiger partial charge is 0.266 e. The van der Waals surface area contributed by atoms with Crippen LogP contribution in [0.25, 0.3) is 0 Å². The van der Waals surface area contributed by atoms with Crippen LogP contribution in [0.3, 0.4) is 0 Å². The van der Waals surface area contributed by atoms with Crippen LogP contribution in [0.1, 0.15) is 5.69 Å². The number of nitrogens with one attached hydrogen (secondary N) is 1. The second kappa shape index (κ2) is 2.92. The molecule has 1 aromatic rings. The van der Waals surface area contributed by atoms with Crippen molar-refractivity contribution in [1.82, 2.24) is 9.78 Å². The molecule has 0 spiro atoms. The molecule has 0 aliphatic carbocycles. The standard InChI is InChI=1S/C6H9ClN2O/c1-5-4-6(10)9(8-5)3-2-7/h4,8H,2-3H2,1H3. The predicted octanol–water partition coefficient (Wildman–Crippen LogP) is 0.724. The molecule has 1 rings (SSSR count). The zero-order chi connectivity index (χ0) is 7.56. The Morgan fingerprint density at radius 2 is 2.50 bits per heavy atom. The van der Waals surface area contributed by atoms with E-state index in [9.17, 15) is 4.79 Å². The highest BCUT2D eigenvalue weighted by molar-refractivity contribution is 6.17. The van der Waals surface area contributed by atoms with E-state index in [-0.39, 0.29) is 5.56 Å². The summed E-state index contributed by atoms with van der Waals surface area (Å²) in [4.78, 5) is 10.9. The summed E-state index contributed by atoms with van der Waals surface area (Å²) in [6.45, 7) is 2.39. The summed E-state index contributed by atoms with van der Waals surface area (Å²) < 4.78 is 1.49. The summed E-state index contributed by atoms with van der Waals surface area (Å²) in [5.74, 6) is 0.458. The fourth-order valence-electron chi connectivity index (χ4n) is 0.814. The van der Waals surface area contributed by atoms with Crippen LogP contribution in [-0.2, 0) is 6.54 Å². The SMILES string of the molecule is Cc1cc(=O)n(CCCl)[nH]1. The average Bonchev–Trinajstić information content (AvgIpc) is 2.13. The maximum atomic E-state index is 10.9. The van der Waals surface area contributed by atoms with E-state index in [4.69, 9.17) is 11.6 Å². The molecule has 4 heteroatoms. The third-order valence-electron chi connectivity index (χ3n) is 1.23. The average molecular weight is 161 g/mol. The molecule has 0 amide bonds. The maximum Gasteiger partial charge on any atom is 0.266 e. The fraction of sp³-hybridized carbons (Fsp3) is 0.500. The maximum absolute atomic E-state index is 10.9. The minimum atomic E-state index is -0.0156. The first-order chi connectivity index (χ1) is 4.74. The van der Waals surface area contributed by atoms with Crippen molar-refractivity contribution < 1.29 is 0 Å². The van der Waals surface area contributed by atoms with E-state index in [0.717, 1.165) is 5.69 Å². The Bertz CT molecular complexity index is 263. The summed E-state index contributed by atoms with van der Waals surface area (Å²) in [6, 6.07) is 1.55. The summed E-state index contributed by atoms with van der Waals surface area (Å²) in [5, 5.41) is 2.86. The molecule has 1 aromatic heterocycles. The molecule has 0 radical (unpaired) electrons. The zero-order valence-corrected chi connectivity index (χ0v) is 6.48. The highest BCUT2D eigenvalue weighted by atomic mass is 35.5. The van der Waals surface area contributed by atoms with Gasteiger partial charge in [0.25, 0.3) is 5.56 Å². The molecule has 0 bridgehead atoms. The lowest BCUT2D eigenvalue weighted by molar-refractivity contribution is 0.637. The van der Waals surface area contributed by atoms with Crippen LogP contribution in [0, 0.1) is 6.92 Å². The van der Waals surface area contributed by atoms with E-state index in [2.05, 4.69) is 5.10 Å². The van der Waals surface area contributed by atoms with Crippen LogP contribution in [-0.4, -0.2) is 15.7 Å². The highest BCUT2D eigenvalue weighted by Gasteiger charge is 1.95. The van der Waals surface area contributed by atoms with E-state index in [1.165, 1.54) is 4.68 Å². The minimum absolute atomic E-state index is 0.0156. The molecule has 10 heavy (non-hydrogen) atoms. The quantitative estimate of drug-likeness (QED) is 0.637. The molecule has 0 aromatic carbocycles. The number of rotatable bonds is 2. The number of hydrogen-bond donors (Lipinski definition) is 1. The molecule has 0 fully saturated rings. The second-order valence-corrected chi connectivity index (χ2v) is 2.50. The van der Waals surface area contributed by atoms with Gasteiger partial charge >= 0.3 is 0 Å². The number of alkyl halides is 1. The summed E-state index contributed by atoms with van der Waals surface area (Å²) in [5.41, 5.74) is 0.855. The van der Waals surface area contributed by atoms with Crippen LogP contribution in [0.4, 0.5) is 0 Å². The lowest BCUT2D eigenvalue weighted by Gasteiger charge is -1.94. The van der Waals surface area contributed by atoms with E-state index in [1.54, 1.807) is 6.07 Å². The lowest BCUT2D eigenvalue weighted by atomic mass is 10.5. The Morgan fingerprint density at radius 1 is 1.80 bits per heavy atom. The van der Waals surface area contributed by atoms with Gasteiger partial charge in [0.05, 0.1) is 6.54 Å². The topological polar surface area (TPSA) is 37.8 Å². The van der Waals surface area contributed by atoms with Crippen molar-refractivity contribution >= 4 is 11.6 Å². The zero-order valence-electron chi connectivity index (χ0n) is 5.72. The molecule has 0 unspecified atom stereocenters. The molecule has 0 aliphatic rings. The largest absolute Gasteiger partial charge is 0.300 e. The fourth-order valence-corrected chi connectivity index (χ4v) is 0.983. The number of aromatic nitrogens is 2. The molecule has 0 aliphatic heterocycles. The molecule has 3 nitrogen and oxygen atoms in total. The van der Waals surface area contributed by atoms with Crippen molar-refractivity contribution in [3.05, 3.63) is 22.1 Å². The van der Waals surface area contributed by atoms with Crippen LogP contribution < -0.4 is 5.56 Å². The molecule has 0 saturated heterocycles. The third-order valence-corrected chi connectivity index (χ3v) is 1.39. The van der Waals surface area contributed by atoms with Gasteiger partial charge in [-0.2, -0.15) is 0 Å². The van der Waals surface area contributed by atoms with Crippen LogP contribution >= 0.6 is 11.6 Å². The first-order valence-corrected chi connectivity index (χ1v) is 3.60. The molecule has 0 saturated carbocycles. The van der Waals surface area contributed by atoms with Crippen molar-refractivity contribution in [2.24, 2.45) is 0 Å². The monoisotopic (exact) mass is 160 g/mol. The Balaban J connectivity index is 2.92. The van der Waals surface area contributed by atoms with Crippen molar-refractivity contribution in [2.45, 2.75) is 13.5 Å². The summed E-state index contributed by atoms with van der Waals surface area (Å²) >= 11 is 5.44. The van der Waals surface area contributed by atoms with Gasteiger partial charge in [-0.3, -0.25) is 14.6 Å². The van der Waals surface area contributed by atoms with Gasteiger partial charge in [0.2, 0.25) is 0 Å². The number of hydrogen-bond acceptors (Lipinski definition) is 1. The van der Waals surface area contributed by atoms with Crippen molar-refractivity contribution in [3.63, 3.8) is 0 Å². The van der Waals surface area contributed by atoms with Crippen molar-refractivity contribution in [1.29, 1.82) is 0 Å². The second-order valence-electron chi connectivity index (χ2n) is 2.12. The summed E-state index contributed by atoms with van der Waals surface area (Å²) in [6.07, 6.45) is 0. The Hall–Kier alpha value is -0.700. The van der Waals surface area contributed by atoms with E-state index >= 15 is 0 Å². The Labute approximate surface area is 63.6 Å². The van der Waals surface area contributed by atoms with Gasteiger partial charge in [-0.05, 0) is 6.92 Å². The molecular formula is C6H9ClN2O. The van der Waals surface area contributed by atoms with Crippen molar-refractivity contribution in [2.75, 3.05) is 5.88 Å². The van der Waals surface area contributed by atoms with Gasteiger partial charge in [0.15, 0.2) is 0 Å². The molecule has 1 heterocycles. The Morgan fingerprint density at radius 3 is 2.90 bits per heavy atom. The number of aryl methyl sites for hydroxylation is 2. The van der Waals surface area contributed by atoms with Gasteiger partial charge in [-0.15, -0.1) is 11.6 Å². The predicted molar refractivity (Wildman–Crippen MR) is 40.5 cm³/mol. The van der Waals surface area contributed by atoms with Crippen LogP contribution in [0.5, 0.6) is 0 Å². The van der Waals surface area contributed by atoms with E-state index < -0.39 is 0 Å². The van der Waals surface area contributed by atoms with Gasteiger partial charge < -0.3 is 0 Å². The lowest BCUT2D eigenvalue weighted by Crippen LogP contribution is -2.16. The van der Waals surface area contributed by atoms with E-state index in [0.29, 0.717) is 12.4 Å². The van der Waals surface area contributed by atoms with Gasteiger partial charge in [-0.1, -0.05) is 0 Å². The number of nitrogens with zero attached hydrogens (tertiary/aromatic N) is 1. The first-order valence-electron chi connectivity index (χ1n) is 3.06. The van der Waals surface area contributed by atoms with Gasteiger partial charge in [-0.25, -0.2) is 0 Å². The summed E-state index contributed by atoms with van der Waals surface area (Å²) in [7, 11) is 0. The van der Waals surface area contributed by atoms with Gasteiger partial charge in [0, 0.05) is 17.6 Å².